The highest BCUT2D eigenvalue weighted by atomic mass is 15.0. The monoisotopic (exact) mass is 688 g/mol. The Balaban J connectivity index is 0.834. The molecule has 0 aliphatic rings. The molecular weight excluding hydrogens is 653 g/mol. The number of benzene rings is 9. The number of anilines is 2. The molecule has 0 spiro atoms. The van der Waals surface area contributed by atoms with Crippen LogP contribution in [0.5, 0.6) is 0 Å². The van der Waals surface area contributed by atoms with Crippen LogP contribution in [0.3, 0.4) is 0 Å². The zero-order chi connectivity index (χ0) is 35.8. The maximum Gasteiger partial charge on any atom is 0.0541 e. The molecule has 0 atom stereocenters. The first-order valence-corrected chi connectivity index (χ1v) is 18.5. The number of hydrogen-bond donors (Lipinski definition) is 1. The maximum absolute atomic E-state index is 3.58. The van der Waals surface area contributed by atoms with Gasteiger partial charge in [0.2, 0.25) is 0 Å². The SMILES string of the molecule is c1ccc(-n2c3ccccc3c3cc(-c4ccc(-c5ccc(Nc6ccc(-c7ccc(-c8cccc9ccccc89)cc7)cc6)cc5)cc4)ccc32)cc1. The summed E-state index contributed by atoms with van der Waals surface area (Å²) in [5, 5.41) is 8.65. The first-order chi connectivity index (χ1) is 26.7. The number of rotatable bonds is 7. The zero-order valence-corrected chi connectivity index (χ0v) is 29.7. The van der Waals surface area contributed by atoms with Crippen LogP contribution < -0.4 is 5.32 Å². The number of hydrogen-bond acceptors (Lipinski definition) is 1. The molecule has 2 heteroatoms. The lowest BCUT2D eigenvalue weighted by molar-refractivity contribution is 1.18. The van der Waals surface area contributed by atoms with E-state index < -0.39 is 0 Å². The quantitative estimate of drug-likeness (QED) is 0.176. The topological polar surface area (TPSA) is 17.0 Å². The highest BCUT2D eigenvalue weighted by molar-refractivity contribution is 6.10. The molecule has 10 rings (SSSR count). The van der Waals surface area contributed by atoms with Gasteiger partial charge >= 0.3 is 0 Å². The third kappa shape index (κ3) is 5.81. The van der Waals surface area contributed by atoms with E-state index in [1.165, 1.54) is 82.8 Å². The average molecular weight is 689 g/mol. The lowest BCUT2D eigenvalue weighted by Gasteiger charge is -2.11. The van der Waals surface area contributed by atoms with E-state index in [0.29, 0.717) is 0 Å². The summed E-state index contributed by atoms with van der Waals surface area (Å²) in [6.07, 6.45) is 0. The first kappa shape index (κ1) is 31.6. The van der Waals surface area contributed by atoms with Crippen molar-refractivity contribution in [2.75, 3.05) is 5.32 Å². The van der Waals surface area contributed by atoms with Gasteiger partial charge in [-0.25, -0.2) is 0 Å². The van der Waals surface area contributed by atoms with E-state index in [2.05, 4.69) is 222 Å². The van der Waals surface area contributed by atoms with E-state index in [1.807, 2.05) is 0 Å². The summed E-state index contributed by atoms with van der Waals surface area (Å²) >= 11 is 0. The van der Waals surface area contributed by atoms with E-state index >= 15 is 0 Å². The minimum absolute atomic E-state index is 1.06. The Kier molecular flexibility index (Phi) is 7.85. The van der Waals surface area contributed by atoms with Gasteiger partial charge in [0.15, 0.2) is 0 Å². The van der Waals surface area contributed by atoms with Crippen LogP contribution in [-0.4, -0.2) is 4.57 Å². The van der Waals surface area contributed by atoms with E-state index in [9.17, 15) is 0 Å². The van der Waals surface area contributed by atoms with Crippen molar-refractivity contribution in [1.29, 1.82) is 0 Å². The highest BCUT2D eigenvalue weighted by Gasteiger charge is 2.13. The maximum atomic E-state index is 3.58. The lowest BCUT2D eigenvalue weighted by Crippen LogP contribution is -1.92. The molecule has 1 aromatic heterocycles. The van der Waals surface area contributed by atoms with Crippen LogP contribution in [0.2, 0.25) is 0 Å². The Morgan fingerprint density at radius 2 is 0.759 bits per heavy atom. The van der Waals surface area contributed by atoms with Gasteiger partial charge in [0.25, 0.3) is 0 Å². The summed E-state index contributed by atoms with van der Waals surface area (Å²) in [6.45, 7) is 0. The molecule has 0 aliphatic carbocycles. The summed E-state index contributed by atoms with van der Waals surface area (Å²) in [7, 11) is 0. The number of fused-ring (bicyclic) bond motifs is 4. The molecule has 254 valence electrons. The van der Waals surface area contributed by atoms with Crippen molar-refractivity contribution in [3.05, 3.63) is 212 Å². The second-order valence-electron chi connectivity index (χ2n) is 13.9. The van der Waals surface area contributed by atoms with Crippen molar-refractivity contribution in [3.63, 3.8) is 0 Å². The summed E-state index contributed by atoms with van der Waals surface area (Å²) < 4.78 is 2.36. The van der Waals surface area contributed by atoms with Crippen LogP contribution in [0.25, 0.3) is 82.8 Å². The number of para-hydroxylation sites is 2. The predicted octanol–water partition coefficient (Wildman–Crippen LogP) is 14.3. The Hall–Kier alpha value is -7.16. The van der Waals surface area contributed by atoms with Gasteiger partial charge in [-0.15, -0.1) is 0 Å². The van der Waals surface area contributed by atoms with Crippen molar-refractivity contribution in [2.45, 2.75) is 0 Å². The summed E-state index contributed by atoms with van der Waals surface area (Å²) in [5.41, 5.74) is 15.4. The van der Waals surface area contributed by atoms with Gasteiger partial charge in [-0.2, -0.15) is 0 Å². The predicted molar refractivity (Wildman–Crippen MR) is 230 cm³/mol. The molecule has 0 radical (unpaired) electrons. The molecule has 0 saturated carbocycles. The molecule has 0 amide bonds. The van der Waals surface area contributed by atoms with Crippen molar-refractivity contribution in [2.24, 2.45) is 0 Å². The number of aromatic nitrogens is 1. The summed E-state index contributed by atoms with van der Waals surface area (Å²) in [4.78, 5) is 0. The van der Waals surface area contributed by atoms with Crippen LogP contribution in [0.1, 0.15) is 0 Å². The van der Waals surface area contributed by atoms with E-state index in [-0.39, 0.29) is 0 Å². The normalized spacial score (nSPS) is 11.3. The molecular formula is C52H36N2. The number of nitrogens with one attached hydrogen (secondary N) is 1. The minimum Gasteiger partial charge on any atom is -0.356 e. The molecule has 0 saturated heterocycles. The second-order valence-corrected chi connectivity index (χ2v) is 13.9. The van der Waals surface area contributed by atoms with Gasteiger partial charge in [0.05, 0.1) is 11.0 Å². The lowest BCUT2D eigenvalue weighted by atomic mass is 9.96. The third-order valence-corrected chi connectivity index (χ3v) is 10.6. The zero-order valence-electron chi connectivity index (χ0n) is 29.7. The number of nitrogens with zero attached hydrogens (tertiary/aromatic N) is 1. The smallest absolute Gasteiger partial charge is 0.0541 e. The molecule has 2 nitrogen and oxygen atoms in total. The fourth-order valence-electron chi connectivity index (χ4n) is 7.84. The third-order valence-electron chi connectivity index (χ3n) is 10.6. The average Bonchev–Trinajstić information content (AvgIpc) is 3.58. The minimum atomic E-state index is 1.06. The summed E-state index contributed by atoms with van der Waals surface area (Å²) in [6, 6.07) is 76.4. The highest BCUT2D eigenvalue weighted by Crippen LogP contribution is 2.36. The molecule has 1 heterocycles. The van der Waals surface area contributed by atoms with Crippen molar-refractivity contribution < 1.29 is 0 Å². The molecule has 0 unspecified atom stereocenters. The van der Waals surface area contributed by atoms with Crippen molar-refractivity contribution in [1.82, 2.24) is 4.57 Å². The molecule has 0 fully saturated rings. The molecule has 9 aromatic carbocycles. The Morgan fingerprint density at radius 1 is 0.296 bits per heavy atom. The van der Waals surface area contributed by atoms with E-state index in [1.54, 1.807) is 0 Å². The fraction of sp³-hybridized carbons (Fsp3) is 0. The second kappa shape index (κ2) is 13.4. The molecule has 0 aliphatic heterocycles. The van der Waals surface area contributed by atoms with Gasteiger partial charge < -0.3 is 9.88 Å². The van der Waals surface area contributed by atoms with Crippen molar-refractivity contribution >= 4 is 44.0 Å². The Morgan fingerprint density at radius 3 is 1.41 bits per heavy atom. The van der Waals surface area contributed by atoms with Crippen LogP contribution in [-0.2, 0) is 0 Å². The van der Waals surface area contributed by atoms with Crippen LogP contribution in [0.15, 0.2) is 212 Å². The first-order valence-electron chi connectivity index (χ1n) is 18.5. The van der Waals surface area contributed by atoms with Crippen molar-refractivity contribution in [3.8, 4) is 50.2 Å². The molecule has 54 heavy (non-hydrogen) atoms. The standard InChI is InChI=1S/C52H36N2/c1-2-11-46(12-3-1)54-51-16-7-6-14-49(51)50-35-43(29-34-52(50)54)40-19-17-36(18-20-40)38-25-30-44(31-26-38)53-45-32-27-39(28-33-45)37-21-23-42(24-22-37)48-15-8-10-41-9-4-5-13-47(41)48/h1-35,53H. The molecule has 1 N–H and O–H groups in total. The van der Waals surface area contributed by atoms with Gasteiger partial charge in [-0.3, -0.25) is 0 Å². The van der Waals surface area contributed by atoms with Crippen LogP contribution in [0, 0.1) is 0 Å². The molecule has 0 bridgehead atoms. The fourth-order valence-corrected chi connectivity index (χ4v) is 7.84. The summed E-state index contributed by atoms with van der Waals surface area (Å²) in [5.74, 6) is 0. The van der Waals surface area contributed by atoms with Gasteiger partial charge in [-0.05, 0) is 110 Å². The van der Waals surface area contributed by atoms with E-state index in [4.69, 9.17) is 0 Å². The largest absolute Gasteiger partial charge is 0.356 e. The Bertz CT molecular complexity index is 2900. The molecule has 10 aromatic rings. The van der Waals surface area contributed by atoms with Crippen LogP contribution >= 0.6 is 0 Å². The van der Waals surface area contributed by atoms with Gasteiger partial charge in [0, 0.05) is 27.8 Å². The Labute approximate surface area is 315 Å². The van der Waals surface area contributed by atoms with Crippen LogP contribution in [0.4, 0.5) is 11.4 Å². The van der Waals surface area contributed by atoms with Gasteiger partial charge in [0.1, 0.15) is 0 Å². The van der Waals surface area contributed by atoms with Gasteiger partial charge in [-0.1, -0.05) is 158 Å². The van der Waals surface area contributed by atoms with E-state index in [0.717, 1.165) is 11.4 Å².